The number of hydrogen-bond acceptors (Lipinski definition) is 4. The molecule has 2 amide bonds. The van der Waals surface area contributed by atoms with Crippen molar-refractivity contribution in [2.24, 2.45) is 11.7 Å². The molecule has 1 aromatic heterocycles. The van der Waals surface area contributed by atoms with Gasteiger partial charge in [0.05, 0.1) is 11.0 Å². The molecule has 0 unspecified atom stereocenters. The summed E-state index contributed by atoms with van der Waals surface area (Å²) in [5, 5.41) is 0. The van der Waals surface area contributed by atoms with Gasteiger partial charge in [-0.25, -0.2) is 4.98 Å². The molecule has 4 rings (SSSR count). The van der Waals surface area contributed by atoms with Gasteiger partial charge in [-0.3, -0.25) is 9.59 Å². The number of primary amides is 1. The summed E-state index contributed by atoms with van der Waals surface area (Å²) in [5.41, 5.74) is 7.13. The molecule has 2 N–H and O–H groups in total. The van der Waals surface area contributed by atoms with E-state index in [0.29, 0.717) is 31.8 Å². The van der Waals surface area contributed by atoms with Crippen LogP contribution in [0.4, 0.5) is 0 Å². The number of carbonyl (C=O) groups excluding carboxylic acids is 2. The minimum atomic E-state index is -0.280. The minimum absolute atomic E-state index is 0.0111. The Morgan fingerprint density at radius 3 is 2.45 bits per heavy atom. The first-order chi connectivity index (χ1) is 14.1. The van der Waals surface area contributed by atoms with Crippen LogP contribution in [-0.2, 0) is 22.7 Å². The summed E-state index contributed by atoms with van der Waals surface area (Å²) in [6, 6.07) is 17.3. The minimum Gasteiger partial charge on any atom is -0.486 e. The van der Waals surface area contributed by atoms with Gasteiger partial charge in [-0.1, -0.05) is 30.3 Å². The Hall–Kier alpha value is -3.35. The number of benzene rings is 2. The molecular weight excluding hydrogens is 368 g/mol. The first-order valence-corrected chi connectivity index (χ1v) is 9.81. The molecule has 1 aliphatic heterocycles. The van der Waals surface area contributed by atoms with Crippen LogP contribution in [0.3, 0.4) is 0 Å². The zero-order chi connectivity index (χ0) is 20.2. The predicted molar refractivity (Wildman–Crippen MR) is 109 cm³/mol. The number of piperidine rings is 1. The molecule has 0 saturated carbocycles. The van der Waals surface area contributed by atoms with E-state index in [1.165, 1.54) is 0 Å². The fourth-order valence-corrected chi connectivity index (χ4v) is 3.73. The van der Waals surface area contributed by atoms with Crippen LogP contribution >= 0.6 is 0 Å². The van der Waals surface area contributed by atoms with Gasteiger partial charge in [-0.15, -0.1) is 0 Å². The van der Waals surface area contributed by atoms with Gasteiger partial charge >= 0.3 is 0 Å². The second kappa shape index (κ2) is 8.34. The Balaban J connectivity index is 1.51. The first kappa shape index (κ1) is 19.0. The normalized spacial score (nSPS) is 14.8. The Bertz CT molecular complexity index is 1010. The lowest BCUT2D eigenvalue weighted by atomic mass is 9.96. The molecule has 150 valence electrons. The van der Waals surface area contributed by atoms with Gasteiger partial charge in [0.1, 0.15) is 24.7 Å². The number of fused-ring (bicyclic) bond motifs is 1. The summed E-state index contributed by atoms with van der Waals surface area (Å²) in [7, 11) is 0. The van der Waals surface area contributed by atoms with Crippen LogP contribution in [0.2, 0.25) is 0 Å². The quantitative estimate of drug-likeness (QED) is 0.697. The highest BCUT2D eigenvalue weighted by atomic mass is 16.5. The van der Waals surface area contributed by atoms with Crippen molar-refractivity contribution in [1.82, 2.24) is 14.5 Å². The van der Waals surface area contributed by atoms with Crippen LogP contribution in [0.15, 0.2) is 54.6 Å². The van der Waals surface area contributed by atoms with Crippen LogP contribution in [0, 0.1) is 5.92 Å². The van der Waals surface area contributed by atoms with E-state index in [1.807, 2.05) is 59.2 Å². The Morgan fingerprint density at radius 2 is 1.72 bits per heavy atom. The number of ether oxygens (including phenoxy) is 1. The van der Waals surface area contributed by atoms with Gasteiger partial charge < -0.3 is 19.9 Å². The van der Waals surface area contributed by atoms with Gasteiger partial charge in [0.2, 0.25) is 11.8 Å². The van der Waals surface area contributed by atoms with Crippen molar-refractivity contribution >= 4 is 22.8 Å². The average molecular weight is 392 g/mol. The predicted octanol–water partition coefficient (Wildman–Crippen LogP) is 2.34. The summed E-state index contributed by atoms with van der Waals surface area (Å²) in [5.74, 6) is 1.06. The summed E-state index contributed by atoms with van der Waals surface area (Å²) in [4.78, 5) is 30.8. The van der Waals surface area contributed by atoms with E-state index in [0.717, 1.165) is 16.8 Å². The van der Waals surface area contributed by atoms with Crippen molar-refractivity contribution in [2.75, 3.05) is 13.1 Å². The van der Waals surface area contributed by atoms with Crippen LogP contribution in [-0.4, -0.2) is 39.4 Å². The van der Waals surface area contributed by atoms with Crippen LogP contribution < -0.4 is 10.5 Å². The van der Waals surface area contributed by atoms with E-state index in [-0.39, 0.29) is 30.9 Å². The van der Waals surface area contributed by atoms with E-state index in [4.69, 9.17) is 10.5 Å². The van der Waals surface area contributed by atoms with Gasteiger partial charge in [-0.2, -0.15) is 0 Å². The van der Waals surface area contributed by atoms with E-state index < -0.39 is 0 Å². The third kappa shape index (κ3) is 4.23. The molecular formula is C22H24N4O3. The molecule has 0 atom stereocenters. The average Bonchev–Trinajstić information content (AvgIpc) is 3.10. The number of para-hydroxylation sites is 3. The van der Waals surface area contributed by atoms with E-state index in [9.17, 15) is 9.59 Å². The Morgan fingerprint density at radius 1 is 1.03 bits per heavy atom. The summed E-state index contributed by atoms with van der Waals surface area (Å²) in [6.07, 6.45) is 1.24. The zero-order valence-corrected chi connectivity index (χ0v) is 16.2. The smallest absolute Gasteiger partial charge is 0.242 e. The zero-order valence-electron chi connectivity index (χ0n) is 16.2. The molecule has 1 fully saturated rings. The maximum absolute atomic E-state index is 12.9. The SMILES string of the molecule is NC(=O)C1CCN(C(=O)Cn2c(COc3ccccc3)nc3ccccc32)CC1. The van der Waals surface area contributed by atoms with E-state index >= 15 is 0 Å². The number of nitrogens with two attached hydrogens (primary N) is 1. The van der Waals surface area contributed by atoms with Crippen molar-refractivity contribution in [3.8, 4) is 5.75 Å². The molecule has 3 aromatic rings. The molecule has 1 aliphatic rings. The number of aromatic nitrogens is 2. The number of rotatable bonds is 6. The highest BCUT2D eigenvalue weighted by Crippen LogP contribution is 2.21. The van der Waals surface area contributed by atoms with Gasteiger partial charge in [0, 0.05) is 19.0 Å². The summed E-state index contributed by atoms with van der Waals surface area (Å²) in [6.45, 7) is 1.56. The summed E-state index contributed by atoms with van der Waals surface area (Å²) < 4.78 is 7.79. The maximum atomic E-state index is 12.9. The first-order valence-electron chi connectivity index (χ1n) is 9.81. The third-order valence-electron chi connectivity index (χ3n) is 5.39. The molecule has 0 spiro atoms. The molecule has 1 saturated heterocycles. The van der Waals surface area contributed by atoms with Gasteiger partial charge in [0.15, 0.2) is 0 Å². The third-order valence-corrected chi connectivity index (χ3v) is 5.39. The van der Waals surface area contributed by atoms with Crippen LogP contribution in [0.5, 0.6) is 5.75 Å². The largest absolute Gasteiger partial charge is 0.486 e. The van der Waals surface area contributed by atoms with Gasteiger partial charge in [0.25, 0.3) is 0 Å². The molecule has 29 heavy (non-hydrogen) atoms. The number of carbonyl (C=O) groups is 2. The van der Waals surface area contributed by atoms with E-state index in [1.54, 1.807) is 4.90 Å². The Kier molecular flexibility index (Phi) is 5.46. The topological polar surface area (TPSA) is 90.5 Å². The standard InChI is InChI=1S/C22H24N4O3/c23-22(28)16-10-12-25(13-11-16)21(27)14-26-19-9-5-4-8-18(19)24-20(26)15-29-17-6-2-1-3-7-17/h1-9,16H,10-15H2,(H2,23,28). The monoisotopic (exact) mass is 392 g/mol. The van der Waals surface area contributed by atoms with E-state index in [2.05, 4.69) is 4.98 Å². The lowest BCUT2D eigenvalue weighted by Crippen LogP contribution is -2.43. The van der Waals surface area contributed by atoms with Gasteiger partial charge in [-0.05, 0) is 37.1 Å². The number of likely N-dealkylation sites (tertiary alicyclic amines) is 1. The van der Waals surface area contributed by atoms with Crippen molar-refractivity contribution in [2.45, 2.75) is 26.0 Å². The molecule has 7 heteroatoms. The van der Waals surface area contributed by atoms with Crippen molar-refractivity contribution in [3.63, 3.8) is 0 Å². The molecule has 0 bridgehead atoms. The lowest BCUT2D eigenvalue weighted by Gasteiger charge is -2.30. The highest BCUT2D eigenvalue weighted by Gasteiger charge is 2.26. The fourth-order valence-electron chi connectivity index (χ4n) is 3.73. The fraction of sp³-hybridized carbons (Fsp3) is 0.318. The number of amides is 2. The summed E-state index contributed by atoms with van der Waals surface area (Å²) >= 11 is 0. The molecule has 0 radical (unpaired) electrons. The maximum Gasteiger partial charge on any atom is 0.242 e. The number of imidazole rings is 1. The highest BCUT2D eigenvalue weighted by molar-refractivity contribution is 5.82. The van der Waals surface area contributed by atoms with Crippen LogP contribution in [0.1, 0.15) is 18.7 Å². The molecule has 2 heterocycles. The molecule has 0 aliphatic carbocycles. The van der Waals surface area contributed by atoms with Crippen molar-refractivity contribution in [1.29, 1.82) is 0 Å². The second-order valence-electron chi connectivity index (χ2n) is 7.26. The van der Waals surface area contributed by atoms with Crippen LogP contribution in [0.25, 0.3) is 11.0 Å². The second-order valence-corrected chi connectivity index (χ2v) is 7.26. The number of hydrogen-bond donors (Lipinski definition) is 1. The Labute approximate surface area is 169 Å². The number of nitrogens with zero attached hydrogens (tertiary/aromatic N) is 3. The molecule has 2 aromatic carbocycles. The van der Waals surface area contributed by atoms with Crippen molar-refractivity contribution < 1.29 is 14.3 Å². The lowest BCUT2D eigenvalue weighted by molar-refractivity contribution is -0.135. The van der Waals surface area contributed by atoms with Crippen molar-refractivity contribution in [3.05, 3.63) is 60.4 Å². The molecule has 7 nitrogen and oxygen atoms in total.